The van der Waals surface area contributed by atoms with E-state index < -0.39 is 0 Å². The molecule has 0 atom stereocenters. The van der Waals surface area contributed by atoms with Gasteiger partial charge in [-0.15, -0.1) is 0 Å². The Bertz CT molecular complexity index is 650. The molecule has 0 saturated carbocycles. The van der Waals surface area contributed by atoms with Crippen LogP contribution in [0, 0.1) is 12.8 Å². The normalized spacial score (nSPS) is 19.3. The molecule has 0 aromatic carbocycles. The van der Waals surface area contributed by atoms with Crippen LogP contribution in [0.25, 0.3) is 0 Å². The van der Waals surface area contributed by atoms with E-state index in [0.29, 0.717) is 25.6 Å². The second kappa shape index (κ2) is 9.26. The summed E-state index contributed by atoms with van der Waals surface area (Å²) in [6.45, 7) is 7.36. The second-order valence-corrected chi connectivity index (χ2v) is 7.42. The summed E-state index contributed by atoms with van der Waals surface area (Å²) in [5, 5.41) is 0. The van der Waals surface area contributed by atoms with Crippen molar-refractivity contribution in [1.82, 2.24) is 19.8 Å². The smallest absolute Gasteiger partial charge is 0.248 e. The van der Waals surface area contributed by atoms with Crippen molar-refractivity contribution < 1.29 is 14.3 Å². The van der Waals surface area contributed by atoms with Crippen molar-refractivity contribution in [3.05, 3.63) is 23.8 Å². The first-order valence-electron chi connectivity index (χ1n) is 10.0. The largest absolute Gasteiger partial charge is 0.372 e. The Labute approximate surface area is 161 Å². The molecule has 1 aromatic rings. The predicted molar refractivity (Wildman–Crippen MR) is 101 cm³/mol. The van der Waals surface area contributed by atoms with Crippen LogP contribution in [0.4, 0.5) is 0 Å². The maximum absolute atomic E-state index is 12.9. The van der Waals surface area contributed by atoms with Crippen LogP contribution in [-0.2, 0) is 14.3 Å². The van der Waals surface area contributed by atoms with E-state index in [1.54, 1.807) is 0 Å². The molecule has 3 heterocycles. The van der Waals surface area contributed by atoms with Gasteiger partial charge in [-0.25, -0.2) is 9.97 Å². The quantitative estimate of drug-likeness (QED) is 0.785. The maximum atomic E-state index is 12.9. The number of nitrogens with zero attached hydrogens (tertiary/aromatic N) is 4. The van der Waals surface area contributed by atoms with E-state index in [0.717, 1.165) is 50.3 Å². The minimum absolute atomic E-state index is 0.0312. The highest BCUT2D eigenvalue weighted by atomic mass is 16.5. The van der Waals surface area contributed by atoms with Crippen molar-refractivity contribution in [2.75, 3.05) is 39.4 Å². The van der Waals surface area contributed by atoms with Crippen LogP contribution < -0.4 is 0 Å². The zero-order valence-electron chi connectivity index (χ0n) is 16.4. The van der Waals surface area contributed by atoms with E-state index in [2.05, 4.69) is 9.97 Å². The molecule has 0 aliphatic carbocycles. The summed E-state index contributed by atoms with van der Waals surface area (Å²) in [4.78, 5) is 37.4. The lowest BCUT2D eigenvalue weighted by Crippen LogP contribution is -2.47. The summed E-state index contributed by atoms with van der Waals surface area (Å²) in [5.41, 5.74) is 1.09. The van der Waals surface area contributed by atoms with Gasteiger partial charge in [-0.2, -0.15) is 0 Å². The topological polar surface area (TPSA) is 75.6 Å². The molecule has 3 rings (SSSR count). The number of hydrogen-bond donors (Lipinski definition) is 0. The summed E-state index contributed by atoms with van der Waals surface area (Å²) in [6, 6.07) is 1.99. The highest BCUT2D eigenvalue weighted by Crippen LogP contribution is 2.28. The van der Waals surface area contributed by atoms with Crippen LogP contribution in [0.2, 0.25) is 0 Å². The molecule has 2 fully saturated rings. The van der Waals surface area contributed by atoms with Gasteiger partial charge in [-0.1, -0.05) is 0 Å². The van der Waals surface area contributed by atoms with E-state index in [4.69, 9.17) is 4.74 Å². The molecule has 0 bridgehead atoms. The van der Waals surface area contributed by atoms with Gasteiger partial charge in [-0.05, 0) is 45.6 Å². The Morgan fingerprint density at radius 2 is 1.78 bits per heavy atom. The van der Waals surface area contributed by atoms with Gasteiger partial charge in [0.15, 0.2) is 0 Å². The number of carbonyl (C=O) groups excluding carboxylic acids is 2. The van der Waals surface area contributed by atoms with E-state index in [-0.39, 0.29) is 24.3 Å². The third kappa shape index (κ3) is 5.03. The molecule has 0 unspecified atom stereocenters. The average Bonchev–Trinajstić information content (AvgIpc) is 2.71. The molecule has 2 aliphatic rings. The molecule has 2 saturated heterocycles. The van der Waals surface area contributed by atoms with Gasteiger partial charge < -0.3 is 14.5 Å². The molecule has 2 amide bonds. The number of carbonyl (C=O) groups is 2. The number of piperidine rings is 2. The first-order valence-corrected chi connectivity index (χ1v) is 10.0. The Kier molecular flexibility index (Phi) is 6.77. The number of aromatic nitrogens is 2. The number of ether oxygens (including phenoxy) is 1. The number of rotatable bonds is 5. The summed E-state index contributed by atoms with van der Waals surface area (Å²) in [6.07, 6.45) is 5.22. The van der Waals surface area contributed by atoms with Crippen molar-refractivity contribution >= 4 is 11.8 Å². The third-order valence-electron chi connectivity index (χ3n) is 5.65. The van der Waals surface area contributed by atoms with Gasteiger partial charge in [0.1, 0.15) is 12.4 Å². The molecular formula is C20H30N4O3. The van der Waals surface area contributed by atoms with Crippen LogP contribution in [0.5, 0.6) is 0 Å². The molecule has 0 radical (unpaired) electrons. The highest BCUT2D eigenvalue weighted by molar-refractivity contribution is 5.80. The minimum Gasteiger partial charge on any atom is -0.372 e. The average molecular weight is 374 g/mol. The first kappa shape index (κ1) is 19.7. The van der Waals surface area contributed by atoms with Crippen molar-refractivity contribution in [2.24, 2.45) is 5.92 Å². The highest BCUT2D eigenvalue weighted by Gasteiger charge is 2.32. The number of aryl methyl sites for hydroxylation is 1. The van der Waals surface area contributed by atoms with Gasteiger partial charge in [0.05, 0.1) is 0 Å². The predicted octanol–water partition coefficient (Wildman–Crippen LogP) is 1.77. The summed E-state index contributed by atoms with van der Waals surface area (Å²) >= 11 is 0. The Hall–Kier alpha value is -2.02. The summed E-state index contributed by atoms with van der Waals surface area (Å²) < 4.78 is 5.20. The van der Waals surface area contributed by atoms with Crippen LogP contribution in [0.15, 0.2) is 12.3 Å². The van der Waals surface area contributed by atoms with Gasteiger partial charge in [0.2, 0.25) is 11.8 Å². The second-order valence-electron chi connectivity index (χ2n) is 7.42. The first-order chi connectivity index (χ1) is 13.1. The van der Waals surface area contributed by atoms with Crippen molar-refractivity contribution in [3.63, 3.8) is 0 Å². The zero-order chi connectivity index (χ0) is 19.2. The van der Waals surface area contributed by atoms with Gasteiger partial charge >= 0.3 is 0 Å². The lowest BCUT2D eigenvalue weighted by Gasteiger charge is -2.37. The van der Waals surface area contributed by atoms with Gasteiger partial charge in [0, 0.05) is 56.5 Å². The van der Waals surface area contributed by atoms with Crippen LogP contribution >= 0.6 is 0 Å². The fraction of sp³-hybridized carbons (Fsp3) is 0.700. The molecule has 0 spiro atoms. The monoisotopic (exact) mass is 374 g/mol. The van der Waals surface area contributed by atoms with E-state index >= 15 is 0 Å². The Morgan fingerprint density at radius 1 is 1.11 bits per heavy atom. The van der Waals surface area contributed by atoms with Crippen LogP contribution in [-0.4, -0.2) is 71.0 Å². The zero-order valence-corrected chi connectivity index (χ0v) is 16.4. The lowest BCUT2D eigenvalue weighted by molar-refractivity contribution is -0.143. The molecule has 27 heavy (non-hydrogen) atoms. The minimum atomic E-state index is 0.0312. The fourth-order valence-corrected chi connectivity index (χ4v) is 4.01. The van der Waals surface area contributed by atoms with E-state index in [1.807, 2.05) is 35.9 Å². The third-order valence-corrected chi connectivity index (χ3v) is 5.65. The molecule has 7 heteroatoms. The lowest BCUT2D eigenvalue weighted by atomic mass is 9.90. The van der Waals surface area contributed by atoms with Gasteiger partial charge in [0.25, 0.3) is 0 Å². The van der Waals surface area contributed by atoms with Crippen molar-refractivity contribution in [2.45, 2.75) is 45.4 Å². The summed E-state index contributed by atoms with van der Waals surface area (Å²) in [5.74, 6) is 1.54. The molecule has 2 aliphatic heterocycles. The Balaban J connectivity index is 1.45. The standard InChI is InChI=1S/C20H30N4O3/c1-3-27-14-19(25)23-10-7-17(8-11-23)20(26)24-12-5-16(6-13-24)18-4-9-21-15(2)22-18/h4,9,16-17H,3,5-8,10-14H2,1-2H3. The SMILES string of the molecule is CCOCC(=O)N1CCC(C(=O)N2CCC(c3ccnc(C)n3)CC2)CC1. The van der Waals surface area contributed by atoms with Crippen LogP contribution in [0.1, 0.15) is 50.0 Å². The van der Waals surface area contributed by atoms with E-state index in [9.17, 15) is 9.59 Å². The molecule has 148 valence electrons. The molecule has 7 nitrogen and oxygen atoms in total. The fourth-order valence-electron chi connectivity index (χ4n) is 4.01. The van der Waals surface area contributed by atoms with E-state index in [1.165, 1.54) is 0 Å². The number of hydrogen-bond acceptors (Lipinski definition) is 5. The molecule has 0 N–H and O–H groups in total. The Morgan fingerprint density at radius 3 is 2.41 bits per heavy atom. The molecule has 1 aromatic heterocycles. The number of amides is 2. The summed E-state index contributed by atoms with van der Waals surface area (Å²) in [7, 11) is 0. The van der Waals surface area contributed by atoms with Gasteiger partial charge in [-0.3, -0.25) is 9.59 Å². The number of likely N-dealkylation sites (tertiary alicyclic amines) is 2. The van der Waals surface area contributed by atoms with Crippen LogP contribution in [0.3, 0.4) is 0 Å². The maximum Gasteiger partial charge on any atom is 0.248 e. The van der Waals surface area contributed by atoms with Crippen molar-refractivity contribution in [1.29, 1.82) is 0 Å². The molecular weight excluding hydrogens is 344 g/mol. The van der Waals surface area contributed by atoms with Crippen molar-refractivity contribution in [3.8, 4) is 0 Å².